The van der Waals surface area contributed by atoms with Crippen LogP contribution in [0.1, 0.15) is 58.3 Å². The zero-order valence-corrected chi connectivity index (χ0v) is 15.2. The molecule has 1 aromatic rings. The highest BCUT2D eigenvalue weighted by Crippen LogP contribution is 2.28. The van der Waals surface area contributed by atoms with Crippen molar-refractivity contribution in [3.05, 3.63) is 24.3 Å². The summed E-state index contributed by atoms with van der Waals surface area (Å²) in [5.41, 5.74) is 1.18. The molecule has 25 heavy (non-hydrogen) atoms. The van der Waals surface area contributed by atoms with Crippen LogP contribution >= 0.6 is 0 Å². The van der Waals surface area contributed by atoms with Gasteiger partial charge >= 0.3 is 6.18 Å². The smallest absolute Gasteiger partial charge is 0.389 e. The van der Waals surface area contributed by atoms with Crippen molar-refractivity contribution in [1.29, 1.82) is 0 Å². The molecular formula is C20H30F3NO. The molecule has 142 valence electrons. The van der Waals surface area contributed by atoms with Crippen LogP contribution in [0.15, 0.2) is 24.3 Å². The second-order valence-corrected chi connectivity index (χ2v) is 6.99. The summed E-state index contributed by atoms with van der Waals surface area (Å²) in [4.78, 5) is 2.39. The van der Waals surface area contributed by atoms with Crippen molar-refractivity contribution in [1.82, 2.24) is 0 Å². The highest BCUT2D eigenvalue weighted by Gasteiger charge is 2.26. The summed E-state index contributed by atoms with van der Waals surface area (Å²) in [6, 6.07) is 7.74. The molecule has 1 aliphatic rings. The average Bonchev–Trinajstić information content (AvgIpc) is 2.59. The summed E-state index contributed by atoms with van der Waals surface area (Å²) in [5.74, 6) is 1.50. The second-order valence-electron chi connectivity index (χ2n) is 6.99. The summed E-state index contributed by atoms with van der Waals surface area (Å²) in [6.07, 6.45) is 2.92. The maximum absolute atomic E-state index is 12.1. The number of nitrogens with zero attached hydrogens (tertiary/aromatic N) is 1. The number of anilines is 1. The van der Waals surface area contributed by atoms with Crippen LogP contribution < -0.4 is 9.64 Å². The first-order valence-corrected chi connectivity index (χ1v) is 9.52. The van der Waals surface area contributed by atoms with Gasteiger partial charge in [0, 0.05) is 25.2 Å². The topological polar surface area (TPSA) is 12.5 Å². The monoisotopic (exact) mass is 357 g/mol. The molecule has 1 aliphatic heterocycles. The number of benzene rings is 1. The fraction of sp³-hybridized carbons (Fsp3) is 0.700. The van der Waals surface area contributed by atoms with Crippen LogP contribution in [0.25, 0.3) is 0 Å². The van der Waals surface area contributed by atoms with Gasteiger partial charge in [-0.1, -0.05) is 32.6 Å². The lowest BCUT2D eigenvalue weighted by atomic mass is 9.91. The van der Waals surface area contributed by atoms with Crippen LogP contribution in [0.4, 0.5) is 18.9 Å². The Morgan fingerprint density at radius 1 is 1.04 bits per heavy atom. The van der Waals surface area contributed by atoms with Gasteiger partial charge in [0.1, 0.15) is 5.75 Å². The second kappa shape index (κ2) is 9.93. The van der Waals surface area contributed by atoms with E-state index in [4.69, 9.17) is 4.74 Å². The van der Waals surface area contributed by atoms with E-state index in [1.165, 1.54) is 44.2 Å². The molecule has 1 saturated heterocycles. The van der Waals surface area contributed by atoms with E-state index in [0.29, 0.717) is 5.75 Å². The predicted octanol–water partition coefficient (Wildman–Crippen LogP) is 6.20. The van der Waals surface area contributed by atoms with Gasteiger partial charge in [0.05, 0.1) is 6.61 Å². The van der Waals surface area contributed by atoms with Gasteiger partial charge in [0.15, 0.2) is 0 Å². The van der Waals surface area contributed by atoms with Gasteiger partial charge in [-0.2, -0.15) is 13.2 Å². The molecule has 1 fully saturated rings. The number of hydrogen-bond acceptors (Lipinski definition) is 2. The minimum absolute atomic E-state index is 0.00318. The predicted molar refractivity (Wildman–Crippen MR) is 96.3 cm³/mol. The Bertz CT molecular complexity index is 479. The van der Waals surface area contributed by atoms with Gasteiger partial charge < -0.3 is 9.64 Å². The molecule has 0 radical (unpaired) electrons. The first-order valence-electron chi connectivity index (χ1n) is 9.52. The van der Waals surface area contributed by atoms with E-state index in [-0.39, 0.29) is 13.0 Å². The number of ether oxygens (including phenoxy) is 1. The number of unbranched alkanes of at least 4 members (excludes halogenated alkanes) is 2. The molecule has 0 aromatic heterocycles. The zero-order valence-electron chi connectivity index (χ0n) is 15.2. The van der Waals surface area contributed by atoms with Gasteiger partial charge in [0.25, 0.3) is 0 Å². The van der Waals surface area contributed by atoms with E-state index >= 15 is 0 Å². The Labute approximate surface area is 149 Å². The highest BCUT2D eigenvalue weighted by molar-refractivity contribution is 5.49. The molecule has 2 rings (SSSR count). The molecule has 0 bridgehead atoms. The van der Waals surface area contributed by atoms with Crippen molar-refractivity contribution in [3.8, 4) is 5.75 Å². The molecule has 0 saturated carbocycles. The molecular weight excluding hydrogens is 327 g/mol. The first kappa shape index (κ1) is 19.9. The largest absolute Gasteiger partial charge is 0.494 e. The maximum atomic E-state index is 12.1. The Morgan fingerprint density at radius 3 is 2.32 bits per heavy atom. The lowest BCUT2D eigenvalue weighted by molar-refractivity contribution is -0.136. The minimum Gasteiger partial charge on any atom is -0.494 e. The summed E-state index contributed by atoms with van der Waals surface area (Å²) >= 11 is 0. The number of halogens is 3. The molecule has 1 aromatic carbocycles. The van der Waals surface area contributed by atoms with Gasteiger partial charge in [-0.3, -0.25) is 0 Å². The summed E-state index contributed by atoms with van der Waals surface area (Å²) in [6.45, 7) is 4.51. The lowest BCUT2D eigenvalue weighted by Crippen LogP contribution is -2.33. The number of alkyl halides is 3. The third kappa shape index (κ3) is 7.57. The van der Waals surface area contributed by atoms with E-state index in [0.717, 1.165) is 19.0 Å². The zero-order chi connectivity index (χ0) is 18.1. The van der Waals surface area contributed by atoms with Crippen molar-refractivity contribution in [2.45, 2.75) is 64.5 Å². The van der Waals surface area contributed by atoms with Crippen LogP contribution in [-0.4, -0.2) is 25.9 Å². The molecule has 5 heteroatoms. The SMILES string of the molecule is CCCCCC1CCN(c2ccc(OCCCC(F)(F)F)cc2)CC1. The van der Waals surface area contributed by atoms with E-state index in [1.807, 2.05) is 24.3 Å². The Morgan fingerprint density at radius 2 is 1.72 bits per heavy atom. The maximum Gasteiger partial charge on any atom is 0.389 e. The third-order valence-corrected chi connectivity index (χ3v) is 4.91. The van der Waals surface area contributed by atoms with Crippen molar-refractivity contribution in [3.63, 3.8) is 0 Å². The molecule has 0 aliphatic carbocycles. The molecule has 2 nitrogen and oxygen atoms in total. The Balaban J connectivity index is 1.70. The van der Waals surface area contributed by atoms with E-state index in [1.54, 1.807) is 0 Å². The van der Waals surface area contributed by atoms with Crippen LogP contribution in [0.3, 0.4) is 0 Å². The van der Waals surface area contributed by atoms with Crippen LogP contribution in [-0.2, 0) is 0 Å². The van der Waals surface area contributed by atoms with Crippen molar-refractivity contribution in [2.75, 3.05) is 24.6 Å². The fourth-order valence-corrected chi connectivity index (χ4v) is 3.38. The molecule has 0 unspecified atom stereocenters. The first-order chi connectivity index (χ1) is 12.0. The van der Waals surface area contributed by atoms with Crippen LogP contribution in [0.2, 0.25) is 0 Å². The van der Waals surface area contributed by atoms with Gasteiger partial charge in [0.2, 0.25) is 0 Å². The average molecular weight is 357 g/mol. The third-order valence-electron chi connectivity index (χ3n) is 4.91. The molecule has 0 spiro atoms. The molecule has 0 amide bonds. The quantitative estimate of drug-likeness (QED) is 0.488. The summed E-state index contributed by atoms with van der Waals surface area (Å²) in [5, 5.41) is 0. The summed E-state index contributed by atoms with van der Waals surface area (Å²) < 4.78 is 41.7. The number of hydrogen-bond donors (Lipinski definition) is 0. The molecule has 0 N–H and O–H groups in total. The Hall–Kier alpha value is -1.39. The van der Waals surface area contributed by atoms with Crippen molar-refractivity contribution in [2.24, 2.45) is 5.92 Å². The normalized spacial score (nSPS) is 16.2. The standard InChI is InChI=1S/C20H30F3NO/c1-2-3-4-6-17-11-14-24(15-12-17)18-7-9-19(10-8-18)25-16-5-13-20(21,22)23/h7-10,17H,2-6,11-16H2,1H3. The highest BCUT2D eigenvalue weighted by atomic mass is 19.4. The van der Waals surface area contributed by atoms with Gasteiger partial charge in [-0.05, 0) is 49.4 Å². The number of piperidine rings is 1. The molecule has 1 heterocycles. The van der Waals surface area contributed by atoms with Crippen LogP contribution in [0, 0.1) is 5.92 Å². The Kier molecular flexibility index (Phi) is 7.91. The number of rotatable bonds is 9. The van der Waals surface area contributed by atoms with E-state index < -0.39 is 12.6 Å². The minimum atomic E-state index is -4.10. The molecule has 0 atom stereocenters. The lowest BCUT2D eigenvalue weighted by Gasteiger charge is -2.33. The van der Waals surface area contributed by atoms with Gasteiger partial charge in [-0.15, -0.1) is 0 Å². The van der Waals surface area contributed by atoms with Crippen molar-refractivity contribution < 1.29 is 17.9 Å². The van der Waals surface area contributed by atoms with E-state index in [2.05, 4.69) is 11.8 Å². The van der Waals surface area contributed by atoms with Gasteiger partial charge in [-0.25, -0.2) is 0 Å². The summed E-state index contributed by atoms with van der Waals surface area (Å²) in [7, 11) is 0. The fourth-order valence-electron chi connectivity index (χ4n) is 3.38. The van der Waals surface area contributed by atoms with E-state index in [9.17, 15) is 13.2 Å². The van der Waals surface area contributed by atoms with Crippen LogP contribution in [0.5, 0.6) is 5.75 Å². The van der Waals surface area contributed by atoms with Crippen molar-refractivity contribution >= 4 is 5.69 Å².